The Morgan fingerprint density at radius 1 is 1.29 bits per heavy atom. The zero-order valence-corrected chi connectivity index (χ0v) is 9.39. The molecular formula is C12H13FN4. The van der Waals surface area contributed by atoms with Gasteiger partial charge in [0, 0.05) is 12.4 Å². The largest absolute Gasteiger partial charge is 0.270 e. The SMILES string of the molecule is Cc1ccc(F)cc1C(NN)c1ncccn1. The highest BCUT2D eigenvalue weighted by Gasteiger charge is 2.17. The van der Waals surface area contributed by atoms with Gasteiger partial charge in [0.15, 0.2) is 5.82 Å². The number of aryl methyl sites for hydroxylation is 1. The quantitative estimate of drug-likeness (QED) is 0.621. The lowest BCUT2D eigenvalue weighted by atomic mass is 10.0. The lowest BCUT2D eigenvalue weighted by molar-refractivity contribution is 0.583. The number of hydrogen-bond acceptors (Lipinski definition) is 4. The molecule has 4 nitrogen and oxygen atoms in total. The average Bonchev–Trinajstić information content (AvgIpc) is 2.36. The van der Waals surface area contributed by atoms with Crippen LogP contribution in [0.3, 0.4) is 0 Å². The van der Waals surface area contributed by atoms with Gasteiger partial charge in [-0.3, -0.25) is 5.84 Å². The number of nitrogens with zero attached hydrogens (tertiary/aromatic N) is 2. The molecule has 0 aliphatic carbocycles. The summed E-state index contributed by atoms with van der Waals surface area (Å²) in [6, 6.07) is 5.87. The molecule has 5 heteroatoms. The van der Waals surface area contributed by atoms with E-state index in [0.29, 0.717) is 5.82 Å². The van der Waals surface area contributed by atoms with Crippen molar-refractivity contribution in [3.05, 3.63) is 59.4 Å². The zero-order chi connectivity index (χ0) is 12.3. The van der Waals surface area contributed by atoms with Crippen molar-refractivity contribution in [2.75, 3.05) is 0 Å². The summed E-state index contributed by atoms with van der Waals surface area (Å²) < 4.78 is 13.3. The van der Waals surface area contributed by atoms with Crippen LogP contribution in [-0.2, 0) is 0 Å². The summed E-state index contributed by atoms with van der Waals surface area (Å²) in [5.41, 5.74) is 4.28. The highest BCUT2D eigenvalue weighted by atomic mass is 19.1. The maximum atomic E-state index is 13.3. The van der Waals surface area contributed by atoms with E-state index in [4.69, 9.17) is 5.84 Å². The van der Waals surface area contributed by atoms with Gasteiger partial charge in [-0.1, -0.05) is 6.07 Å². The maximum absolute atomic E-state index is 13.3. The van der Waals surface area contributed by atoms with Crippen molar-refractivity contribution >= 4 is 0 Å². The molecule has 0 fully saturated rings. The number of hydrazine groups is 1. The standard InChI is InChI=1S/C12H13FN4/c1-8-3-4-9(13)7-10(8)11(17-14)12-15-5-2-6-16-12/h2-7,11,17H,14H2,1H3. The normalized spacial score (nSPS) is 12.4. The predicted molar refractivity (Wildman–Crippen MR) is 62.3 cm³/mol. The fourth-order valence-electron chi connectivity index (χ4n) is 1.69. The number of benzene rings is 1. The number of nitrogens with two attached hydrogens (primary N) is 1. The molecule has 1 aromatic carbocycles. The van der Waals surface area contributed by atoms with Crippen molar-refractivity contribution in [3.8, 4) is 0 Å². The van der Waals surface area contributed by atoms with Gasteiger partial charge < -0.3 is 0 Å². The Bertz CT molecular complexity index is 501. The Morgan fingerprint density at radius 3 is 2.65 bits per heavy atom. The predicted octanol–water partition coefficient (Wildman–Crippen LogP) is 1.48. The summed E-state index contributed by atoms with van der Waals surface area (Å²) in [6.45, 7) is 1.89. The van der Waals surface area contributed by atoms with E-state index in [1.807, 2.05) is 6.92 Å². The molecule has 0 amide bonds. The molecule has 2 rings (SSSR count). The van der Waals surface area contributed by atoms with Gasteiger partial charge >= 0.3 is 0 Å². The van der Waals surface area contributed by atoms with Crippen molar-refractivity contribution in [2.24, 2.45) is 5.84 Å². The Balaban J connectivity index is 2.46. The van der Waals surface area contributed by atoms with E-state index in [9.17, 15) is 4.39 Å². The van der Waals surface area contributed by atoms with Crippen LogP contribution in [0.25, 0.3) is 0 Å². The van der Waals surface area contributed by atoms with Crippen LogP contribution >= 0.6 is 0 Å². The highest BCUT2D eigenvalue weighted by Crippen LogP contribution is 2.22. The van der Waals surface area contributed by atoms with Gasteiger partial charge in [-0.05, 0) is 36.2 Å². The number of halogens is 1. The Kier molecular flexibility index (Phi) is 3.41. The summed E-state index contributed by atoms with van der Waals surface area (Å²) in [5.74, 6) is 5.72. The second-order valence-electron chi connectivity index (χ2n) is 3.71. The fraction of sp³-hybridized carbons (Fsp3) is 0.167. The van der Waals surface area contributed by atoms with Crippen molar-refractivity contribution in [3.63, 3.8) is 0 Å². The molecule has 1 aromatic heterocycles. The monoisotopic (exact) mass is 232 g/mol. The zero-order valence-electron chi connectivity index (χ0n) is 9.39. The summed E-state index contributed by atoms with van der Waals surface area (Å²) >= 11 is 0. The Hall–Kier alpha value is -1.85. The van der Waals surface area contributed by atoms with Crippen LogP contribution in [0.15, 0.2) is 36.7 Å². The summed E-state index contributed by atoms with van der Waals surface area (Å²) in [7, 11) is 0. The van der Waals surface area contributed by atoms with Crippen molar-refractivity contribution < 1.29 is 4.39 Å². The van der Waals surface area contributed by atoms with E-state index in [0.717, 1.165) is 11.1 Å². The van der Waals surface area contributed by atoms with E-state index in [2.05, 4.69) is 15.4 Å². The van der Waals surface area contributed by atoms with Crippen LogP contribution < -0.4 is 11.3 Å². The lowest BCUT2D eigenvalue weighted by Crippen LogP contribution is -2.30. The van der Waals surface area contributed by atoms with Crippen LogP contribution in [0.2, 0.25) is 0 Å². The van der Waals surface area contributed by atoms with Gasteiger partial charge in [0.2, 0.25) is 0 Å². The Labute approximate surface area is 98.7 Å². The molecule has 1 heterocycles. The second kappa shape index (κ2) is 4.99. The minimum Gasteiger partial charge on any atom is -0.270 e. The first-order valence-corrected chi connectivity index (χ1v) is 5.21. The molecule has 0 bridgehead atoms. The third-order valence-corrected chi connectivity index (χ3v) is 2.56. The molecule has 0 aliphatic rings. The molecule has 0 spiro atoms. The maximum Gasteiger partial charge on any atom is 0.150 e. The molecule has 2 aromatic rings. The molecule has 1 atom stereocenters. The third-order valence-electron chi connectivity index (χ3n) is 2.56. The summed E-state index contributed by atoms with van der Waals surface area (Å²) in [5, 5.41) is 0. The number of rotatable bonds is 3. The van der Waals surface area contributed by atoms with Gasteiger partial charge in [-0.25, -0.2) is 19.8 Å². The highest BCUT2D eigenvalue weighted by molar-refractivity contribution is 5.32. The topological polar surface area (TPSA) is 63.8 Å². The molecule has 0 saturated heterocycles. The van der Waals surface area contributed by atoms with E-state index in [-0.39, 0.29) is 5.82 Å². The molecule has 88 valence electrons. The van der Waals surface area contributed by atoms with E-state index < -0.39 is 6.04 Å². The van der Waals surface area contributed by atoms with E-state index >= 15 is 0 Å². The summed E-state index contributed by atoms with van der Waals surface area (Å²) in [6.07, 6.45) is 3.25. The van der Waals surface area contributed by atoms with Gasteiger partial charge in [0.05, 0.1) is 0 Å². The fourth-order valence-corrected chi connectivity index (χ4v) is 1.69. The van der Waals surface area contributed by atoms with Crippen LogP contribution in [0.1, 0.15) is 23.0 Å². The minimum atomic E-state index is -0.410. The lowest BCUT2D eigenvalue weighted by Gasteiger charge is -2.16. The van der Waals surface area contributed by atoms with Crippen LogP contribution in [0.5, 0.6) is 0 Å². The van der Waals surface area contributed by atoms with Gasteiger partial charge in [0.1, 0.15) is 11.9 Å². The molecular weight excluding hydrogens is 219 g/mol. The van der Waals surface area contributed by atoms with Gasteiger partial charge in [-0.15, -0.1) is 0 Å². The minimum absolute atomic E-state index is 0.304. The number of aromatic nitrogens is 2. The molecule has 1 unspecified atom stereocenters. The molecule has 17 heavy (non-hydrogen) atoms. The molecule has 3 N–H and O–H groups in total. The van der Waals surface area contributed by atoms with Crippen LogP contribution in [-0.4, -0.2) is 9.97 Å². The first-order chi connectivity index (χ1) is 8.22. The first-order valence-electron chi connectivity index (χ1n) is 5.21. The summed E-state index contributed by atoms with van der Waals surface area (Å²) in [4.78, 5) is 8.24. The molecule has 0 radical (unpaired) electrons. The number of hydrogen-bond donors (Lipinski definition) is 2. The second-order valence-corrected chi connectivity index (χ2v) is 3.71. The van der Waals surface area contributed by atoms with E-state index in [1.165, 1.54) is 12.1 Å². The first kappa shape index (κ1) is 11.6. The van der Waals surface area contributed by atoms with Crippen LogP contribution in [0, 0.1) is 12.7 Å². The van der Waals surface area contributed by atoms with Crippen molar-refractivity contribution in [2.45, 2.75) is 13.0 Å². The van der Waals surface area contributed by atoms with Crippen molar-refractivity contribution in [1.82, 2.24) is 15.4 Å². The van der Waals surface area contributed by atoms with Crippen molar-refractivity contribution in [1.29, 1.82) is 0 Å². The number of nitrogens with one attached hydrogen (secondary N) is 1. The van der Waals surface area contributed by atoms with Gasteiger partial charge in [-0.2, -0.15) is 0 Å². The van der Waals surface area contributed by atoms with Gasteiger partial charge in [0.25, 0.3) is 0 Å². The van der Waals surface area contributed by atoms with Crippen LogP contribution in [0.4, 0.5) is 4.39 Å². The average molecular weight is 232 g/mol. The molecule has 0 aliphatic heterocycles. The Morgan fingerprint density at radius 2 is 2.00 bits per heavy atom. The third kappa shape index (κ3) is 2.46. The van der Waals surface area contributed by atoms with E-state index in [1.54, 1.807) is 24.5 Å². The molecule has 0 saturated carbocycles. The smallest absolute Gasteiger partial charge is 0.150 e.